The summed E-state index contributed by atoms with van der Waals surface area (Å²) in [7, 11) is 0. The van der Waals surface area contributed by atoms with E-state index in [2.05, 4.69) is 15.6 Å². The van der Waals surface area contributed by atoms with Crippen molar-refractivity contribution in [2.24, 2.45) is 5.92 Å². The van der Waals surface area contributed by atoms with Gasteiger partial charge in [-0.3, -0.25) is 9.59 Å². The van der Waals surface area contributed by atoms with Crippen LogP contribution in [0.15, 0.2) is 30.3 Å². The summed E-state index contributed by atoms with van der Waals surface area (Å²) in [5, 5.41) is 35.7. The van der Waals surface area contributed by atoms with E-state index in [9.17, 15) is 24.9 Å². The van der Waals surface area contributed by atoms with Crippen molar-refractivity contribution in [1.29, 1.82) is 0 Å². The van der Waals surface area contributed by atoms with Crippen LogP contribution < -0.4 is 10.6 Å². The number of aliphatic hydroxyl groups is 2. The Morgan fingerprint density at radius 1 is 1.17 bits per heavy atom. The van der Waals surface area contributed by atoms with Crippen LogP contribution in [-0.2, 0) is 4.79 Å². The van der Waals surface area contributed by atoms with E-state index in [1.807, 2.05) is 19.9 Å². The van der Waals surface area contributed by atoms with E-state index < -0.39 is 18.1 Å². The molecule has 0 saturated carbocycles. The molecule has 2 unspecified atom stereocenters. The van der Waals surface area contributed by atoms with Crippen molar-refractivity contribution in [3.63, 3.8) is 0 Å². The number of amides is 2. The second-order valence-electron chi connectivity index (χ2n) is 7.53. The van der Waals surface area contributed by atoms with E-state index in [4.69, 9.17) is 0 Å². The van der Waals surface area contributed by atoms with Crippen LogP contribution in [0, 0.1) is 5.92 Å². The van der Waals surface area contributed by atoms with Gasteiger partial charge in [0, 0.05) is 18.4 Å². The molecule has 0 fully saturated rings. The molecule has 0 saturated heterocycles. The van der Waals surface area contributed by atoms with Crippen molar-refractivity contribution in [2.75, 3.05) is 13.2 Å². The molecule has 0 bridgehead atoms. The number of aliphatic hydroxyl groups excluding tert-OH is 2. The summed E-state index contributed by atoms with van der Waals surface area (Å²) in [6, 6.07) is 7.96. The van der Waals surface area contributed by atoms with Crippen LogP contribution in [0.4, 0.5) is 0 Å². The Morgan fingerprint density at radius 2 is 1.90 bits per heavy atom. The minimum atomic E-state index is -0.788. The van der Waals surface area contributed by atoms with E-state index in [1.165, 1.54) is 6.07 Å². The number of nitrogens with zero attached hydrogens (tertiary/aromatic N) is 1. The molecule has 158 valence electrons. The van der Waals surface area contributed by atoms with Crippen molar-refractivity contribution in [3.05, 3.63) is 36.0 Å². The number of aromatic hydroxyl groups is 1. The smallest absolute Gasteiger partial charge is 0.274 e. The van der Waals surface area contributed by atoms with Gasteiger partial charge in [-0.25, -0.2) is 4.98 Å². The highest BCUT2D eigenvalue weighted by molar-refractivity contribution is 5.98. The first kappa shape index (κ1) is 22.6. The summed E-state index contributed by atoms with van der Waals surface area (Å²) >= 11 is 0. The van der Waals surface area contributed by atoms with Gasteiger partial charge in [0.1, 0.15) is 5.75 Å². The Hall–Kier alpha value is -2.71. The third kappa shape index (κ3) is 6.99. The zero-order valence-electron chi connectivity index (χ0n) is 16.8. The Bertz CT molecular complexity index is 840. The topological polar surface area (TPSA) is 132 Å². The molecule has 1 aromatic heterocycles. The Kier molecular flexibility index (Phi) is 8.35. The maximum atomic E-state index is 12.5. The van der Waals surface area contributed by atoms with Crippen molar-refractivity contribution in [2.45, 2.75) is 45.3 Å². The lowest BCUT2D eigenvalue weighted by Gasteiger charge is -2.19. The Balaban J connectivity index is 1.88. The fourth-order valence-corrected chi connectivity index (χ4v) is 2.90. The standard InChI is InChI=1S/C21H29N3O5/c1-13(2)9-19(28)22-11-16(26)8-7-15(12-25)23-21(29)20-18(27)10-14-5-3-4-6-17(14)24-20/h3-6,10,13,15-16,25-27H,7-9,11-12H2,1-2H3,(H,22,28)(H,23,29). The van der Waals surface area contributed by atoms with Gasteiger partial charge in [-0.1, -0.05) is 32.0 Å². The number of hydrogen-bond donors (Lipinski definition) is 5. The molecule has 2 rings (SSSR count). The molecule has 0 spiro atoms. The molecule has 0 aliphatic heterocycles. The zero-order chi connectivity index (χ0) is 21.4. The van der Waals surface area contributed by atoms with E-state index in [1.54, 1.807) is 18.2 Å². The number of nitrogens with one attached hydrogen (secondary N) is 2. The lowest BCUT2D eigenvalue weighted by molar-refractivity contribution is -0.122. The molecule has 8 heteroatoms. The number of fused-ring (bicyclic) bond motifs is 1. The molecule has 2 aromatic rings. The average molecular weight is 403 g/mol. The molecule has 8 nitrogen and oxygen atoms in total. The molecule has 2 amide bonds. The first-order chi connectivity index (χ1) is 13.8. The van der Waals surface area contributed by atoms with Gasteiger partial charge in [-0.2, -0.15) is 0 Å². The first-order valence-electron chi connectivity index (χ1n) is 9.75. The highest BCUT2D eigenvalue weighted by Crippen LogP contribution is 2.21. The lowest BCUT2D eigenvalue weighted by atomic mass is 10.1. The second kappa shape index (κ2) is 10.7. The maximum absolute atomic E-state index is 12.5. The highest BCUT2D eigenvalue weighted by Gasteiger charge is 2.19. The van der Waals surface area contributed by atoms with Crippen LogP contribution in [0.2, 0.25) is 0 Å². The number of carbonyl (C=O) groups is 2. The van der Waals surface area contributed by atoms with Gasteiger partial charge < -0.3 is 26.0 Å². The number of rotatable bonds is 10. The van der Waals surface area contributed by atoms with Gasteiger partial charge >= 0.3 is 0 Å². The van der Waals surface area contributed by atoms with Crippen LogP contribution >= 0.6 is 0 Å². The molecule has 1 aromatic carbocycles. The third-order valence-electron chi connectivity index (χ3n) is 4.45. The van der Waals surface area contributed by atoms with Gasteiger partial charge in [-0.15, -0.1) is 0 Å². The minimum absolute atomic E-state index is 0.116. The number of carbonyl (C=O) groups excluding carboxylic acids is 2. The zero-order valence-corrected chi connectivity index (χ0v) is 16.8. The van der Waals surface area contributed by atoms with Gasteiger partial charge in [0.15, 0.2) is 5.69 Å². The first-order valence-corrected chi connectivity index (χ1v) is 9.75. The van der Waals surface area contributed by atoms with E-state index in [-0.39, 0.29) is 42.8 Å². The summed E-state index contributed by atoms with van der Waals surface area (Å²) in [5.74, 6) is -0.733. The average Bonchev–Trinajstić information content (AvgIpc) is 2.68. The molecule has 0 radical (unpaired) electrons. The van der Waals surface area contributed by atoms with E-state index in [0.717, 1.165) is 0 Å². The molecule has 1 heterocycles. The molecule has 2 atom stereocenters. The Labute approximate surface area is 170 Å². The monoisotopic (exact) mass is 403 g/mol. The minimum Gasteiger partial charge on any atom is -0.505 e. The summed E-state index contributed by atoms with van der Waals surface area (Å²) in [4.78, 5) is 28.3. The van der Waals surface area contributed by atoms with Crippen molar-refractivity contribution < 1.29 is 24.9 Å². The van der Waals surface area contributed by atoms with Gasteiger partial charge in [0.25, 0.3) is 5.91 Å². The van der Waals surface area contributed by atoms with E-state index >= 15 is 0 Å². The summed E-state index contributed by atoms with van der Waals surface area (Å²) < 4.78 is 0. The molecule has 0 aliphatic rings. The largest absolute Gasteiger partial charge is 0.505 e. The van der Waals surface area contributed by atoms with Crippen LogP contribution in [-0.4, -0.2) is 57.4 Å². The molecule has 0 aliphatic carbocycles. The SMILES string of the molecule is CC(C)CC(=O)NCC(O)CCC(CO)NC(=O)c1nc2ccccc2cc1O. The van der Waals surface area contributed by atoms with Crippen LogP contribution in [0.3, 0.4) is 0 Å². The van der Waals surface area contributed by atoms with Gasteiger partial charge in [0.05, 0.1) is 24.3 Å². The summed E-state index contributed by atoms with van der Waals surface area (Å²) in [5.41, 5.74) is 0.451. The predicted molar refractivity (Wildman–Crippen MR) is 109 cm³/mol. The van der Waals surface area contributed by atoms with Gasteiger partial charge in [-0.05, 0) is 30.9 Å². The van der Waals surface area contributed by atoms with Crippen LogP contribution in [0.5, 0.6) is 5.75 Å². The number of benzene rings is 1. The van der Waals surface area contributed by atoms with Crippen molar-refractivity contribution in [1.82, 2.24) is 15.6 Å². The predicted octanol–water partition coefficient (Wildman–Crippen LogP) is 1.33. The third-order valence-corrected chi connectivity index (χ3v) is 4.45. The summed E-state index contributed by atoms with van der Waals surface area (Å²) in [6.45, 7) is 3.66. The van der Waals surface area contributed by atoms with E-state index in [0.29, 0.717) is 23.7 Å². The number of hydrogen-bond acceptors (Lipinski definition) is 6. The maximum Gasteiger partial charge on any atom is 0.274 e. The normalized spacial score (nSPS) is 13.3. The number of aromatic nitrogens is 1. The Morgan fingerprint density at radius 3 is 2.59 bits per heavy atom. The lowest BCUT2D eigenvalue weighted by Crippen LogP contribution is -2.39. The van der Waals surface area contributed by atoms with Crippen LogP contribution in [0.1, 0.15) is 43.6 Å². The van der Waals surface area contributed by atoms with Crippen LogP contribution in [0.25, 0.3) is 10.9 Å². The molecular weight excluding hydrogens is 374 g/mol. The molecular formula is C21H29N3O5. The van der Waals surface area contributed by atoms with Crippen molar-refractivity contribution >= 4 is 22.7 Å². The number of para-hydroxylation sites is 1. The fraction of sp³-hybridized carbons (Fsp3) is 0.476. The fourth-order valence-electron chi connectivity index (χ4n) is 2.90. The summed E-state index contributed by atoms with van der Waals surface area (Å²) in [6.07, 6.45) is 0.191. The molecule has 5 N–H and O–H groups in total. The number of pyridine rings is 1. The van der Waals surface area contributed by atoms with Gasteiger partial charge in [0.2, 0.25) is 5.91 Å². The molecule has 29 heavy (non-hydrogen) atoms. The van der Waals surface area contributed by atoms with Crippen molar-refractivity contribution in [3.8, 4) is 5.75 Å². The highest BCUT2D eigenvalue weighted by atomic mass is 16.3. The second-order valence-corrected chi connectivity index (χ2v) is 7.53. The quantitative estimate of drug-likeness (QED) is 0.407.